The molecule has 0 amide bonds. The number of nitrogens with zero attached hydrogens (tertiary/aromatic N) is 2. The van der Waals surface area contributed by atoms with Crippen molar-refractivity contribution in [2.45, 2.75) is 45.1 Å². The number of terminal acetylenes is 1. The van der Waals surface area contributed by atoms with Gasteiger partial charge in [-0.2, -0.15) is 0 Å². The molecule has 0 aliphatic rings. The van der Waals surface area contributed by atoms with Crippen LogP contribution in [0.25, 0.3) is 10.8 Å². The Morgan fingerprint density at radius 2 is 1.52 bits per heavy atom. The second-order valence-corrected chi connectivity index (χ2v) is 12.1. The van der Waals surface area contributed by atoms with Crippen LogP contribution < -0.4 is 13.9 Å². The van der Waals surface area contributed by atoms with Crippen LogP contribution in [-0.4, -0.2) is 74.0 Å². The van der Waals surface area contributed by atoms with Crippen molar-refractivity contribution in [1.82, 2.24) is 0 Å². The molecule has 1 atom stereocenters. The lowest BCUT2D eigenvalue weighted by Gasteiger charge is -2.32. The second-order valence-electron chi connectivity index (χ2n) is 10.3. The number of methoxy groups -OCH3 is 3. The van der Waals surface area contributed by atoms with Crippen molar-refractivity contribution >= 4 is 44.1 Å². The minimum absolute atomic E-state index is 0.0758. The van der Waals surface area contributed by atoms with Crippen LogP contribution >= 0.6 is 0 Å². The zero-order valence-corrected chi connectivity index (χ0v) is 27.1. The topological polar surface area (TPSA) is 112 Å². The predicted octanol–water partition coefficient (Wildman–Crippen LogP) is 4.55. The molecular weight excluding hydrogens is 584 g/mol. The molecular formula is C33H40N2O8S. The fraction of sp³-hybridized carbons (Fsp3) is 0.394. The van der Waals surface area contributed by atoms with Crippen LogP contribution in [0.1, 0.15) is 30.0 Å². The first kappa shape index (κ1) is 34.2. The lowest BCUT2D eigenvalue weighted by Crippen LogP contribution is -2.38. The number of sulfonamides is 1. The van der Waals surface area contributed by atoms with Crippen molar-refractivity contribution in [1.29, 1.82) is 0 Å². The van der Waals surface area contributed by atoms with E-state index in [1.807, 2.05) is 24.0 Å². The molecule has 0 bridgehead atoms. The maximum Gasteiger partial charge on any atom is 0.326 e. The number of rotatable bonds is 14. The summed E-state index contributed by atoms with van der Waals surface area (Å²) in [4.78, 5) is 26.7. The van der Waals surface area contributed by atoms with Crippen LogP contribution in [0.5, 0.6) is 5.75 Å². The number of hydrogen-bond acceptors (Lipinski definition) is 9. The first-order valence-corrected chi connectivity index (χ1v) is 15.5. The summed E-state index contributed by atoms with van der Waals surface area (Å²) < 4.78 is 50.9. The van der Waals surface area contributed by atoms with Gasteiger partial charge in [0.05, 0.1) is 44.4 Å². The standard InChI is InChI=1S/C33H40N2O8S/c1-9-16-34(23(3)20-31(36)41-7)28-14-15-29(27-13-11-10-12-26(27)28)35(21-32(37)42-8)44(38,39)33-22(2)19-30(24(4)25(33)5)43-18-17-40-6/h1,10-15,19,23H,16-18,20-21H2,2-8H3/t23-/m0/s1. The molecule has 0 spiro atoms. The minimum Gasteiger partial charge on any atom is -0.491 e. The van der Waals surface area contributed by atoms with Gasteiger partial charge in [-0.25, -0.2) is 8.42 Å². The molecule has 0 saturated carbocycles. The van der Waals surface area contributed by atoms with Gasteiger partial charge in [-0.3, -0.25) is 13.9 Å². The first-order valence-electron chi connectivity index (χ1n) is 14.0. The van der Waals surface area contributed by atoms with Gasteiger partial charge in [0.2, 0.25) is 0 Å². The molecule has 44 heavy (non-hydrogen) atoms. The van der Waals surface area contributed by atoms with Gasteiger partial charge >= 0.3 is 11.9 Å². The third kappa shape index (κ3) is 7.26. The van der Waals surface area contributed by atoms with Crippen LogP contribution in [-0.2, 0) is 33.8 Å². The molecule has 10 nitrogen and oxygen atoms in total. The third-order valence-electron chi connectivity index (χ3n) is 7.51. The summed E-state index contributed by atoms with van der Waals surface area (Å²) in [5.74, 6) is 2.09. The van der Waals surface area contributed by atoms with E-state index in [1.165, 1.54) is 14.2 Å². The van der Waals surface area contributed by atoms with E-state index >= 15 is 0 Å². The number of hydrogen-bond donors (Lipinski definition) is 0. The van der Waals surface area contributed by atoms with Gasteiger partial charge in [-0.1, -0.05) is 30.2 Å². The van der Waals surface area contributed by atoms with Gasteiger partial charge in [-0.05, 0) is 62.6 Å². The van der Waals surface area contributed by atoms with Gasteiger partial charge in [-0.15, -0.1) is 6.42 Å². The fourth-order valence-corrected chi connectivity index (χ4v) is 7.06. The van der Waals surface area contributed by atoms with E-state index in [9.17, 15) is 18.0 Å². The average Bonchev–Trinajstić information content (AvgIpc) is 3.00. The molecule has 3 aromatic rings. The smallest absolute Gasteiger partial charge is 0.326 e. The van der Waals surface area contributed by atoms with E-state index in [2.05, 4.69) is 5.92 Å². The monoisotopic (exact) mass is 624 g/mol. The van der Waals surface area contributed by atoms with Crippen molar-refractivity contribution in [3.05, 3.63) is 59.2 Å². The number of aryl methyl sites for hydroxylation is 1. The van der Waals surface area contributed by atoms with Gasteiger partial charge < -0.3 is 23.8 Å². The number of benzene rings is 3. The Morgan fingerprint density at radius 1 is 0.909 bits per heavy atom. The summed E-state index contributed by atoms with van der Waals surface area (Å²) in [5, 5.41) is 1.25. The molecule has 0 aliphatic heterocycles. The largest absolute Gasteiger partial charge is 0.491 e. The van der Waals surface area contributed by atoms with Gasteiger partial charge in [0.1, 0.15) is 18.9 Å². The van der Waals surface area contributed by atoms with E-state index in [4.69, 9.17) is 25.4 Å². The number of esters is 2. The van der Waals surface area contributed by atoms with Crippen molar-refractivity contribution < 1.29 is 37.0 Å². The summed E-state index contributed by atoms with van der Waals surface area (Å²) in [5.41, 5.74) is 2.62. The van der Waals surface area contributed by atoms with E-state index in [0.717, 1.165) is 4.31 Å². The van der Waals surface area contributed by atoms with Gasteiger partial charge in [0.25, 0.3) is 10.0 Å². The number of fused-ring (bicyclic) bond motifs is 1. The van der Waals surface area contributed by atoms with Crippen molar-refractivity contribution in [3.8, 4) is 18.1 Å². The van der Waals surface area contributed by atoms with Crippen molar-refractivity contribution in [2.75, 3.05) is 56.8 Å². The fourth-order valence-electron chi connectivity index (χ4n) is 5.14. The Morgan fingerprint density at radius 3 is 2.11 bits per heavy atom. The Bertz CT molecular complexity index is 1660. The molecule has 0 unspecified atom stereocenters. The summed E-state index contributed by atoms with van der Waals surface area (Å²) in [6.45, 7) is 7.40. The highest BCUT2D eigenvalue weighted by atomic mass is 32.2. The molecule has 3 rings (SSSR count). The van der Waals surface area contributed by atoms with Crippen LogP contribution in [0, 0.1) is 33.1 Å². The zero-order valence-electron chi connectivity index (χ0n) is 26.3. The van der Waals surface area contributed by atoms with E-state index < -0.39 is 22.5 Å². The summed E-state index contributed by atoms with van der Waals surface area (Å²) >= 11 is 0. The molecule has 236 valence electrons. The molecule has 0 fully saturated rings. The highest BCUT2D eigenvalue weighted by Gasteiger charge is 2.33. The highest BCUT2D eigenvalue weighted by molar-refractivity contribution is 7.93. The SMILES string of the molecule is C#CCN(c1ccc(N(CC(=O)OC)S(=O)(=O)c2c(C)cc(OCCOC)c(C)c2C)c2ccccc12)[C@@H](C)CC(=O)OC. The summed E-state index contributed by atoms with van der Waals surface area (Å²) in [6.07, 6.45) is 5.80. The Labute approximate surface area is 259 Å². The molecule has 11 heteroatoms. The van der Waals surface area contributed by atoms with Crippen molar-refractivity contribution in [2.24, 2.45) is 0 Å². The lowest BCUT2D eigenvalue weighted by molar-refractivity contribution is -0.141. The second kappa shape index (κ2) is 14.9. The lowest BCUT2D eigenvalue weighted by atomic mass is 10.0. The Balaban J connectivity index is 2.25. The van der Waals surface area contributed by atoms with E-state index in [1.54, 1.807) is 58.2 Å². The summed E-state index contributed by atoms with van der Waals surface area (Å²) in [7, 11) is -0.200. The average molecular weight is 625 g/mol. The molecule has 3 aromatic carbocycles. The van der Waals surface area contributed by atoms with Crippen LogP contribution in [0.3, 0.4) is 0 Å². The predicted molar refractivity (Wildman–Crippen MR) is 171 cm³/mol. The molecule has 0 N–H and O–H groups in total. The van der Waals surface area contributed by atoms with Crippen LogP contribution in [0.2, 0.25) is 0 Å². The van der Waals surface area contributed by atoms with E-state index in [-0.39, 0.29) is 35.6 Å². The Hall–Kier alpha value is -4.27. The maximum atomic E-state index is 14.5. The molecule has 0 heterocycles. The molecule has 0 saturated heterocycles. The molecule has 0 aromatic heterocycles. The van der Waals surface area contributed by atoms with Gasteiger partial charge in [0, 0.05) is 29.6 Å². The summed E-state index contributed by atoms with van der Waals surface area (Å²) in [6, 6.07) is 12.0. The third-order valence-corrected chi connectivity index (χ3v) is 9.56. The molecule has 0 aliphatic carbocycles. The quantitative estimate of drug-likeness (QED) is 0.145. The minimum atomic E-state index is -4.31. The number of ether oxygens (including phenoxy) is 4. The number of carbonyl (C=O) groups excluding carboxylic acids is 2. The normalized spacial score (nSPS) is 11.9. The molecule has 0 radical (unpaired) electrons. The zero-order chi connectivity index (χ0) is 32.6. The highest BCUT2D eigenvalue weighted by Crippen LogP contribution is 2.39. The number of anilines is 2. The van der Waals surface area contributed by atoms with Crippen LogP contribution in [0.15, 0.2) is 47.4 Å². The van der Waals surface area contributed by atoms with Crippen molar-refractivity contribution in [3.63, 3.8) is 0 Å². The van der Waals surface area contributed by atoms with Gasteiger partial charge in [0.15, 0.2) is 0 Å². The van der Waals surface area contributed by atoms with E-state index in [0.29, 0.717) is 52.1 Å². The number of carbonyl (C=O) groups is 2. The first-order chi connectivity index (χ1) is 20.9. The maximum absolute atomic E-state index is 14.5. The Kier molecular flexibility index (Phi) is 11.6. The van der Waals surface area contributed by atoms with Crippen LogP contribution in [0.4, 0.5) is 11.4 Å².